The van der Waals surface area contributed by atoms with Crippen LogP contribution in [0.2, 0.25) is 0 Å². The fourth-order valence-electron chi connectivity index (χ4n) is 3.80. The summed E-state index contributed by atoms with van der Waals surface area (Å²) in [5.41, 5.74) is 2.68. The molecule has 0 unspecified atom stereocenters. The van der Waals surface area contributed by atoms with E-state index in [1.165, 1.54) is 37.9 Å². The zero-order valence-electron chi connectivity index (χ0n) is 14.0. The van der Waals surface area contributed by atoms with Crippen molar-refractivity contribution in [3.05, 3.63) is 59.7 Å². The smallest absolute Gasteiger partial charge is 0.0687 e. The van der Waals surface area contributed by atoms with E-state index in [0.717, 1.165) is 12.0 Å². The lowest BCUT2D eigenvalue weighted by molar-refractivity contribution is 0.283. The minimum Gasteiger partial charge on any atom is -0.392 e. The molecule has 0 fully saturated rings. The molecule has 0 spiro atoms. The molecule has 0 saturated heterocycles. The van der Waals surface area contributed by atoms with Crippen LogP contribution in [-0.4, -0.2) is 5.11 Å². The molecule has 1 nitrogen and oxygen atoms in total. The van der Waals surface area contributed by atoms with Gasteiger partial charge in [-0.2, -0.15) is 0 Å². The minimum atomic E-state index is 0.0867. The van der Waals surface area contributed by atoms with Gasteiger partial charge in [-0.15, -0.1) is 0 Å². The number of hydrogen-bond acceptors (Lipinski definition) is 1. The van der Waals surface area contributed by atoms with Crippen molar-refractivity contribution in [2.75, 3.05) is 0 Å². The maximum atomic E-state index is 9.64. The Kier molecular flexibility index (Phi) is 3.11. The quantitative estimate of drug-likeness (QED) is 0.473. The molecule has 4 aromatic carbocycles. The van der Waals surface area contributed by atoms with Gasteiger partial charge < -0.3 is 5.11 Å². The number of hydrogen-bond donors (Lipinski definition) is 1. The summed E-state index contributed by atoms with van der Waals surface area (Å²) in [5.74, 6) is 0. The second-order valence-corrected chi connectivity index (χ2v) is 7.81. The van der Waals surface area contributed by atoms with Gasteiger partial charge >= 0.3 is 0 Å². The molecule has 0 amide bonds. The molecular formula is C22H22O. The summed E-state index contributed by atoms with van der Waals surface area (Å²) in [6, 6.07) is 17.6. The second-order valence-electron chi connectivity index (χ2n) is 7.81. The lowest BCUT2D eigenvalue weighted by Gasteiger charge is -2.20. The number of aliphatic hydroxyl groups is 1. The molecule has 0 radical (unpaired) electrons. The van der Waals surface area contributed by atoms with E-state index in [1.54, 1.807) is 0 Å². The van der Waals surface area contributed by atoms with Gasteiger partial charge in [0.05, 0.1) is 6.61 Å². The van der Waals surface area contributed by atoms with Crippen LogP contribution in [-0.2, 0) is 13.0 Å². The first-order chi connectivity index (χ1) is 11.0. The van der Waals surface area contributed by atoms with Crippen LogP contribution in [0.3, 0.4) is 0 Å². The summed E-state index contributed by atoms with van der Waals surface area (Å²) in [7, 11) is 0. The molecule has 0 bridgehead atoms. The van der Waals surface area contributed by atoms with Gasteiger partial charge in [0.25, 0.3) is 0 Å². The van der Waals surface area contributed by atoms with Gasteiger partial charge in [-0.3, -0.25) is 0 Å². The first kappa shape index (κ1) is 14.5. The zero-order valence-corrected chi connectivity index (χ0v) is 14.0. The number of rotatable bonds is 2. The highest BCUT2D eigenvalue weighted by atomic mass is 16.3. The number of aliphatic hydroxyl groups excluding tert-OH is 1. The third-order valence-electron chi connectivity index (χ3n) is 4.65. The van der Waals surface area contributed by atoms with Gasteiger partial charge in [-0.05, 0) is 55.3 Å². The summed E-state index contributed by atoms with van der Waals surface area (Å²) in [6.07, 6.45) is 1.07. The van der Waals surface area contributed by atoms with Crippen LogP contribution >= 0.6 is 0 Å². The van der Waals surface area contributed by atoms with E-state index in [4.69, 9.17) is 0 Å². The molecule has 1 N–H and O–H groups in total. The molecule has 0 aliphatic heterocycles. The monoisotopic (exact) mass is 302 g/mol. The van der Waals surface area contributed by atoms with E-state index in [2.05, 4.69) is 63.2 Å². The van der Waals surface area contributed by atoms with Crippen LogP contribution in [0.1, 0.15) is 31.9 Å². The second kappa shape index (κ2) is 4.94. The third kappa shape index (κ3) is 2.36. The van der Waals surface area contributed by atoms with Crippen LogP contribution in [0.4, 0.5) is 0 Å². The van der Waals surface area contributed by atoms with Crippen LogP contribution in [0.25, 0.3) is 32.3 Å². The standard InChI is InChI=1S/C22H22O/c1-22(2,3)12-14-10-16-6-4-15-5-7-18(13-23)19-9-8-17(11-14)20(16)21(15)19/h4-11,23H,12-13H2,1-3H3. The van der Waals surface area contributed by atoms with Gasteiger partial charge in [0.2, 0.25) is 0 Å². The summed E-state index contributed by atoms with van der Waals surface area (Å²) in [5, 5.41) is 17.3. The Labute approximate surface area is 136 Å². The van der Waals surface area contributed by atoms with Crippen molar-refractivity contribution in [3.63, 3.8) is 0 Å². The van der Waals surface area contributed by atoms with Crippen molar-refractivity contribution in [2.45, 2.75) is 33.8 Å². The Morgan fingerprint density at radius 1 is 0.783 bits per heavy atom. The molecule has 4 rings (SSSR count). The Hall–Kier alpha value is -2.12. The van der Waals surface area contributed by atoms with E-state index in [0.29, 0.717) is 0 Å². The Balaban J connectivity index is 2.08. The third-order valence-corrected chi connectivity index (χ3v) is 4.65. The molecule has 0 atom stereocenters. The Bertz CT molecular complexity index is 986. The summed E-state index contributed by atoms with van der Waals surface area (Å²) in [6.45, 7) is 6.93. The van der Waals surface area contributed by atoms with E-state index < -0.39 is 0 Å². The lowest BCUT2D eigenvalue weighted by atomic mass is 9.85. The van der Waals surface area contributed by atoms with Crippen molar-refractivity contribution in [1.82, 2.24) is 0 Å². The maximum Gasteiger partial charge on any atom is 0.0687 e. The Morgan fingerprint density at radius 2 is 1.39 bits per heavy atom. The van der Waals surface area contributed by atoms with Crippen molar-refractivity contribution < 1.29 is 5.11 Å². The highest BCUT2D eigenvalue weighted by Crippen LogP contribution is 2.37. The summed E-state index contributed by atoms with van der Waals surface area (Å²) < 4.78 is 0. The van der Waals surface area contributed by atoms with E-state index in [9.17, 15) is 5.11 Å². The topological polar surface area (TPSA) is 20.2 Å². The van der Waals surface area contributed by atoms with Crippen LogP contribution in [0, 0.1) is 5.41 Å². The van der Waals surface area contributed by atoms with Gasteiger partial charge in [-0.1, -0.05) is 69.3 Å². The first-order valence-corrected chi connectivity index (χ1v) is 8.26. The molecule has 116 valence electrons. The van der Waals surface area contributed by atoms with Crippen LogP contribution in [0.5, 0.6) is 0 Å². The van der Waals surface area contributed by atoms with Gasteiger partial charge in [0, 0.05) is 0 Å². The fourth-order valence-corrected chi connectivity index (χ4v) is 3.80. The molecule has 0 aromatic heterocycles. The number of benzene rings is 4. The van der Waals surface area contributed by atoms with Crippen LogP contribution < -0.4 is 0 Å². The summed E-state index contributed by atoms with van der Waals surface area (Å²) in [4.78, 5) is 0. The molecule has 1 heteroatoms. The molecule has 0 heterocycles. The van der Waals surface area contributed by atoms with Crippen molar-refractivity contribution >= 4 is 32.3 Å². The lowest BCUT2D eigenvalue weighted by Crippen LogP contribution is -2.09. The molecule has 0 saturated carbocycles. The van der Waals surface area contributed by atoms with Gasteiger partial charge in [-0.25, -0.2) is 0 Å². The fraction of sp³-hybridized carbons (Fsp3) is 0.273. The Morgan fingerprint density at radius 3 is 2.04 bits per heavy atom. The van der Waals surface area contributed by atoms with Crippen LogP contribution in [0.15, 0.2) is 48.5 Å². The molecule has 0 aliphatic carbocycles. The normalized spacial score (nSPS) is 12.7. The van der Waals surface area contributed by atoms with Gasteiger partial charge in [0.15, 0.2) is 0 Å². The zero-order chi connectivity index (χ0) is 16.2. The van der Waals surface area contributed by atoms with E-state index in [1.807, 2.05) is 6.07 Å². The molecule has 4 aromatic rings. The SMILES string of the molecule is CC(C)(C)Cc1cc2ccc3ccc(CO)c4ccc(c1)c2c34. The first-order valence-electron chi connectivity index (χ1n) is 8.26. The predicted molar refractivity (Wildman–Crippen MR) is 99.2 cm³/mol. The average molecular weight is 302 g/mol. The molecule has 23 heavy (non-hydrogen) atoms. The van der Waals surface area contributed by atoms with E-state index in [-0.39, 0.29) is 12.0 Å². The van der Waals surface area contributed by atoms with E-state index >= 15 is 0 Å². The van der Waals surface area contributed by atoms with Crippen molar-refractivity contribution in [2.24, 2.45) is 5.41 Å². The molecule has 0 aliphatic rings. The minimum absolute atomic E-state index is 0.0867. The predicted octanol–water partition coefficient (Wildman–Crippen LogP) is 5.66. The largest absolute Gasteiger partial charge is 0.392 e. The highest BCUT2D eigenvalue weighted by Gasteiger charge is 2.15. The van der Waals surface area contributed by atoms with Gasteiger partial charge in [0.1, 0.15) is 0 Å². The van der Waals surface area contributed by atoms with Crippen molar-refractivity contribution in [1.29, 1.82) is 0 Å². The van der Waals surface area contributed by atoms with Crippen molar-refractivity contribution in [3.8, 4) is 0 Å². The average Bonchev–Trinajstić information content (AvgIpc) is 2.50. The molecular weight excluding hydrogens is 280 g/mol. The maximum absolute atomic E-state index is 9.64. The highest BCUT2D eigenvalue weighted by molar-refractivity contribution is 6.23. The summed E-state index contributed by atoms with van der Waals surface area (Å²) >= 11 is 0.